The number of aromatic nitrogens is 2. The van der Waals surface area contributed by atoms with Crippen molar-refractivity contribution in [2.45, 2.75) is 40.2 Å². The van der Waals surface area contributed by atoms with Crippen LogP contribution < -0.4 is 0 Å². The lowest BCUT2D eigenvalue weighted by molar-refractivity contribution is 0.0982. The van der Waals surface area contributed by atoms with Gasteiger partial charge in [-0.1, -0.05) is 19.1 Å². The van der Waals surface area contributed by atoms with Crippen molar-refractivity contribution in [3.05, 3.63) is 29.6 Å². The van der Waals surface area contributed by atoms with E-state index in [1.165, 1.54) is 0 Å². The van der Waals surface area contributed by atoms with Gasteiger partial charge in [0.1, 0.15) is 5.69 Å². The zero-order valence-electron chi connectivity index (χ0n) is 9.71. The first-order chi connectivity index (χ1) is 7.08. The van der Waals surface area contributed by atoms with Crippen molar-refractivity contribution in [2.75, 3.05) is 0 Å². The Kier molecular flexibility index (Phi) is 3.83. The molecule has 0 N–H and O–H groups in total. The van der Waals surface area contributed by atoms with Gasteiger partial charge in [-0.2, -0.15) is 5.10 Å². The molecule has 0 fully saturated rings. The highest BCUT2D eigenvalue weighted by molar-refractivity contribution is 5.96. The Labute approximate surface area is 90.8 Å². The van der Waals surface area contributed by atoms with Crippen molar-refractivity contribution in [3.8, 4) is 0 Å². The molecule has 0 unspecified atom stereocenters. The molecule has 0 bridgehead atoms. The van der Waals surface area contributed by atoms with E-state index in [1.807, 2.05) is 26.8 Å². The van der Waals surface area contributed by atoms with Crippen molar-refractivity contribution in [1.82, 2.24) is 9.78 Å². The fourth-order valence-electron chi connectivity index (χ4n) is 1.45. The number of Topliss-reactive ketones (excluding diaryl/α,β-unsaturated/α-hetero) is 1. The van der Waals surface area contributed by atoms with Gasteiger partial charge in [0.15, 0.2) is 5.78 Å². The number of carbonyl (C=O) groups excluding carboxylic acids is 1. The molecule has 1 heterocycles. The first kappa shape index (κ1) is 11.7. The van der Waals surface area contributed by atoms with Crippen LogP contribution in [0, 0.1) is 6.92 Å². The van der Waals surface area contributed by atoms with E-state index < -0.39 is 0 Å². The van der Waals surface area contributed by atoms with Gasteiger partial charge in [-0.3, -0.25) is 9.48 Å². The summed E-state index contributed by atoms with van der Waals surface area (Å²) in [5.74, 6) is 0.115. The third-order valence-corrected chi connectivity index (χ3v) is 2.40. The van der Waals surface area contributed by atoms with Crippen LogP contribution in [0.3, 0.4) is 0 Å². The van der Waals surface area contributed by atoms with Crippen molar-refractivity contribution < 1.29 is 4.79 Å². The fraction of sp³-hybridized carbons (Fsp3) is 0.500. The van der Waals surface area contributed by atoms with Crippen LogP contribution >= 0.6 is 0 Å². The first-order valence-corrected chi connectivity index (χ1v) is 5.32. The minimum Gasteiger partial charge on any atom is -0.292 e. The summed E-state index contributed by atoms with van der Waals surface area (Å²) >= 11 is 0. The van der Waals surface area contributed by atoms with Crippen molar-refractivity contribution in [2.24, 2.45) is 0 Å². The Balaban J connectivity index is 2.85. The predicted octanol–water partition coefficient (Wildman–Crippen LogP) is 2.75. The summed E-state index contributed by atoms with van der Waals surface area (Å²) in [5.41, 5.74) is 2.56. The van der Waals surface area contributed by atoms with Crippen LogP contribution in [-0.4, -0.2) is 15.6 Å². The molecule has 3 nitrogen and oxygen atoms in total. The van der Waals surface area contributed by atoms with E-state index in [4.69, 9.17) is 0 Å². The Hall–Kier alpha value is -1.38. The summed E-state index contributed by atoms with van der Waals surface area (Å²) in [7, 11) is 0. The summed E-state index contributed by atoms with van der Waals surface area (Å²) in [6.45, 7) is 10.5. The smallest absolute Gasteiger partial charge is 0.184 e. The van der Waals surface area contributed by atoms with Crippen LogP contribution in [-0.2, 0) is 6.54 Å². The standard InChI is InChI=1S/C12H18N2O/c1-5-9(3)7-12(15)11-8-10(4)13-14(11)6-2/h8H,3,5-7H2,1-2,4H3. The number of rotatable bonds is 5. The minimum absolute atomic E-state index is 0.115. The van der Waals surface area contributed by atoms with Crippen LogP contribution in [0.5, 0.6) is 0 Å². The van der Waals surface area contributed by atoms with Crippen LogP contribution in [0.2, 0.25) is 0 Å². The Morgan fingerprint density at radius 1 is 1.53 bits per heavy atom. The Morgan fingerprint density at radius 2 is 2.20 bits per heavy atom. The number of allylic oxidation sites excluding steroid dienone is 1. The molecule has 82 valence electrons. The van der Waals surface area contributed by atoms with E-state index in [-0.39, 0.29) is 5.78 Å². The molecule has 0 aliphatic carbocycles. The topological polar surface area (TPSA) is 34.9 Å². The molecule has 0 aliphatic rings. The summed E-state index contributed by atoms with van der Waals surface area (Å²) in [4.78, 5) is 11.9. The largest absolute Gasteiger partial charge is 0.292 e. The van der Waals surface area contributed by atoms with Gasteiger partial charge in [0.25, 0.3) is 0 Å². The fourth-order valence-corrected chi connectivity index (χ4v) is 1.45. The van der Waals surface area contributed by atoms with Crippen LogP contribution in [0.4, 0.5) is 0 Å². The Bertz CT molecular complexity index is 377. The molecule has 0 saturated carbocycles. The zero-order chi connectivity index (χ0) is 11.4. The number of ketones is 1. The molecule has 0 amide bonds. The van der Waals surface area contributed by atoms with Gasteiger partial charge >= 0.3 is 0 Å². The molecule has 1 aromatic rings. The first-order valence-electron chi connectivity index (χ1n) is 5.32. The highest BCUT2D eigenvalue weighted by Gasteiger charge is 2.13. The van der Waals surface area contributed by atoms with Gasteiger partial charge in [-0.05, 0) is 26.3 Å². The number of nitrogens with zero attached hydrogens (tertiary/aromatic N) is 2. The average molecular weight is 206 g/mol. The monoisotopic (exact) mass is 206 g/mol. The summed E-state index contributed by atoms with van der Waals surface area (Å²) in [6, 6.07) is 1.84. The SMILES string of the molecule is C=C(CC)CC(=O)c1cc(C)nn1CC. The van der Waals surface area contributed by atoms with Gasteiger partial charge < -0.3 is 0 Å². The molecule has 1 aromatic heterocycles. The van der Waals surface area contributed by atoms with E-state index in [2.05, 4.69) is 11.7 Å². The van der Waals surface area contributed by atoms with Crippen molar-refractivity contribution in [1.29, 1.82) is 0 Å². The van der Waals surface area contributed by atoms with Crippen LogP contribution in [0.25, 0.3) is 0 Å². The average Bonchev–Trinajstić information content (AvgIpc) is 2.59. The lowest BCUT2D eigenvalue weighted by atomic mass is 10.1. The van der Waals surface area contributed by atoms with Gasteiger partial charge in [0.05, 0.1) is 5.69 Å². The quantitative estimate of drug-likeness (QED) is 0.548. The molecular weight excluding hydrogens is 188 g/mol. The molecule has 0 spiro atoms. The van der Waals surface area contributed by atoms with E-state index in [0.717, 1.165) is 24.2 Å². The summed E-state index contributed by atoms with van der Waals surface area (Å²) in [5, 5.41) is 4.25. The van der Waals surface area contributed by atoms with Gasteiger partial charge in [-0.15, -0.1) is 0 Å². The maximum absolute atomic E-state index is 11.9. The van der Waals surface area contributed by atoms with Crippen molar-refractivity contribution in [3.63, 3.8) is 0 Å². The van der Waals surface area contributed by atoms with Crippen LogP contribution in [0.15, 0.2) is 18.2 Å². The molecule has 0 aromatic carbocycles. The molecule has 0 atom stereocenters. The molecule has 15 heavy (non-hydrogen) atoms. The molecule has 0 aliphatic heterocycles. The number of hydrogen-bond donors (Lipinski definition) is 0. The second-order valence-electron chi connectivity index (χ2n) is 3.69. The van der Waals surface area contributed by atoms with Gasteiger partial charge in [0.2, 0.25) is 0 Å². The number of aryl methyl sites for hydroxylation is 2. The van der Waals surface area contributed by atoms with E-state index in [9.17, 15) is 4.79 Å². The van der Waals surface area contributed by atoms with E-state index in [0.29, 0.717) is 12.1 Å². The minimum atomic E-state index is 0.115. The van der Waals surface area contributed by atoms with Gasteiger partial charge in [0, 0.05) is 13.0 Å². The van der Waals surface area contributed by atoms with Crippen LogP contribution in [0.1, 0.15) is 42.9 Å². The third kappa shape index (κ3) is 2.78. The van der Waals surface area contributed by atoms with E-state index >= 15 is 0 Å². The molecule has 0 saturated heterocycles. The second kappa shape index (κ2) is 4.91. The molecule has 1 rings (SSSR count). The van der Waals surface area contributed by atoms with E-state index in [1.54, 1.807) is 4.68 Å². The molecule has 3 heteroatoms. The maximum atomic E-state index is 11.9. The van der Waals surface area contributed by atoms with Gasteiger partial charge in [-0.25, -0.2) is 0 Å². The lowest BCUT2D eigenvalue weighted by Crippen LogP contribution is -2.09. The highest BCUT2D eigenvalue weighted by atomic mass is 16.1. The predicted molar refractivity (Wildman–Crippen MR) is 61.0 cm³/mol. The maximum Gasteiger partial charge on any atom is 0.184 e. The normalized spacial score (nSPS) is 10.3. The number of hydrogen-bond acceptors (Lipinski definition) is 2. The summed E-state index contributed by atoms with van der Waals surface area (Å²) < 4.78 is 1.75. The highest BCUT2D eigenvalue weighted by Crippen LogP contribution is 2.12. The Morgan fingerprint density at radius 3 is 2.73 bits per heavy atom. The molecule has 0 radical (unpaired) electrons. The van der Waals surface area contributed by atoms with Crippen molar-refractivity contribution >= 4 is 5.78 Å². The summed E-state index contributed by atoms with van der Waals surface area (Å²) in [6.07, 6.45) is 1.28. The third-order valence-electron chi connectivity index (χ3n) is 2.40. The number of carbonyl (C=O) groups is 1. The zero-order valence-corrected chi connectivity index (χ0v) is 9.71. The lowest BCUT2D eigenvalue weighted by Gasteiger charge is -2.04. The molecular formula is C12H18N2O. The second-order valence-corrected chi connectivity index (χ2v) is 3.69.